The summed E-state index contributed by atoms with van der Waals surface area (Å²) in [6, 6.07) is 18.6. The molecule has 0 N–H and O–H groups in total. The molecule has 18 heavy (non-hydrogen) atoms. The zero-order valence-corrected chi connectivity index (χ0v) is 11.4. The third kappa shape index (κ3) is 2.96. The highest BCUT2D eigenvalue weighted by atomic mass is 32.2. The van der Waals surface area contributed by atoms with E-state index < -0.39 is 0 Å². The van der Waals surface area contributed by atoms with Crippen LogP contribution in [0.5, 0.6) is 5.75 Å². The van der Waals surface area contributed by atoms with Crippen LogP contribution in [-0.4, -0.2) is 13.4 Å². The Balaban J connectivity index is 2.39. The van der Waals surface area contributed by atoms with Gasteiger partial charge in [-0.3, -0.25) is 0 Å². The summed E-state index contributed by atoms with van der Waals surface area (Å²) in [7, 11) is 1.69. The van der Waals surface area contributed by atoms with E-state index in [1.807, 2.05) is 18.2 Å². The van der Waals surface area contributed by atoms with Crippen LogP contribution in [0.1, 0.15) is 11.1 Å². The molecular weight excluding hydrogens is 240 g/mol. The van der Waals surface area contributed by atoms with Crippen LogP contribution in [0.15, 0.2) is 60.0 Å². The molecule has 92 valence electrons. The van der Waals surface area contributed by atoms with Gasteiger partial charge in [-0.25, -0.2) is 0 Å². The van der Waals surface area contributed by atoms with Crippen molar-refractivity contribution in [2.24, 2.45) is 0 Å². The van der Waals surface area contributed by atoms with Gasteiger partial charge in [-0.2, -0.15) is 0 Å². The molecule has 2 aromatic carbocycles. The number of benzene rings is 2. The highest BCUT2D eigenvalue weighted by molar-refractivity contribution is 8.01. The molecular formula is C16H16OS. The van der Waals surface area contributed by atoms with Crippen molar-refractivity contribution >= 4 is 17.3 Å². The van der Waals surface area contributed by atoms with Gasteiger partial charge in [0.2, 0.25) is 0 Å². The Morgan fingerprint density at radius 1 is 0.944 bits per heavy atom. The Hall–Kier alpha value is -1.67. The Bertz CT molecular complexity index is 515. The van der Waals surface area contributed by atoms with Crippen LogP contribution in [0.25, 0.3) is 5.57 Å². The van der Waals surface area contributed by atoms with Gasteiger partial charge in [0.1, 0.15) is 5.75 Å². The van der Waals surface area contributed by atoms with Crippen molar-refractivity contribution < 1.29 is 4.74 Å². The normalized spacial score (nSPS) is 11.3. The third-order valence-electron chi connectivity index (χ3n) is 2.72. The minimum Gasteiger partial charge on any atom is -0.497 e. The Morgan fingerprint density at radius 2 is 1.56 bits per heavy atom. The Morgan fingerprint density at radius 3 is 2.11 bits per heavy atom. The number of methoxy groups -OCH3 is 1. The minimum absolute atomic E-state index is 0.885. The van der Waals surface area contributed by atoms with E-state index in [4.69, 9.17) is 4.74 Å². The first-order chi connectivity index (χ1) is 8.85. The third-order valence-corrected chi connectivity index (χ3v) is 3.19. The van der Waals surface area contributed by atoms with E-state index in [2.05, 4.69) is 48.1 Å². The highest BCUT2D eigenvalue weighted by Gasteiger charge is 2.04. The van der Waals surface area contributed by atoms with Crippen molar-refractivity contribution in [2.75, 3.05) is 13.4 Å². The molecule has 2 heteroatoms. The molecule has 0 aliphatic carbocycles. The average molecular weight is 256 g/mol. The van der Waals surface area contributed by atoms with Crippen molar-refractivity contribution in [3.05, 3.63) is 71.1 Å². The van der Waals surface area contributed by atoms with E-state index in [9.17, 15) is 0 Å². The second kappa shape index (κ2) is 6.31. The summed E-state index contributed by atoms with van der Waals surface area (Å²) in [4.78, 5) is 0. The van der Waals surface area contributed by atoms with Crippen molar-refractivity contribution in [2.45, 2.75) is 0 Å². The fraction of sp³-hybridized carbons (Fsp3) is 0.125. The fourth-order valence-corrected chi connectivity index (χ4v) is 2.32. The standard InChI is InChI=1S/C16H16OS/c1-17-15-10-8-14(9-11-15)16(12-18-2)13-6-4-3-5-7-13/h3-12H,1-2H3. The van der Waals surface area contributed by atoms with Crippen LogP contribution >= 0.6 is 11.8 Å². The van der Waals surface area contributed by atoms with Gasteiger partial charge in [-0.05, 0) is 40.5 Å². The highest BCUT2D eigenvalue weighted by Crippen LogP contribution is 2.27. The van der Waals surface area contributed by atoms with Crippen molar-refractivity contribution in [3.8, 4) is 5.75 Å². The van der Waals surface area contributed by atoms with Crippen LogP contribution in [0.3, 0.4) is 0 Å². The molecule has 0 aromatic heterocycles. The molecule has 0 heterocycles. The lowest BCUT2D eigenvalue weighted by molar-refractivity contribution is 0.415. The molecule has 0 fully saturated rings. The van der Waals surface area contributed by atoms with Gasteiger partial charge in [0.05, 0.1) is 7.11 Å². The lowest BCUT2D eigenvalue weighted by Crippen LogP contribution is -1.88. The zero-order valence-electron chi connectivity index (χ0n) is 10.6. The molecule has 0 radical (unpaired) electrons. The van der Waals surface area contributed by atoms with Gasteiger partial charge in [-0.1, -0.05) is 42.5 Å². The van der Waals surface area contributed by atoms with Gasteiger partial charge in [0.25, 0.3) is 0 Å². The van der Waals surface area contributed by atoms with E-state index in [1.54, 1.807) is 18.9 Å². The predicted octanol–water partition coefficient (Wildman–Crippen LogP) is 4.45. The second-order valence-electron chi connectivity index (χ2n) is 3.86. The molecule has 0 bridgehead atoms. The molecule has 0 atom stereocenters. The van der Waals surface area contributed by atoms with Gasteiger partial charge >= 0.3 is 0 Å². The summed E-state index contributed by atoms with van der Waals surface area (Å²) in [6.45, 7) is 0. The topological polar surface area (TPSA) is 9.23 Å². The molecule has 2 aromatic rings. The van der Waals surface area contributed by atoms with Gasteiger partial charge in [0, 0.05) is 0 Å². The van der Waals surface area contributed by atoms with Crippen LogP contribution in [0, 0.1) is 0 Å². The van der Waals surface area contributed by atoms with Crippen LogP contribution in [-0.2, 0) is 0 Å². The number of thioether (sulfide) groups is 1. The van der Waals surface area contributed by atoms with E-state index in [-0.39, 0.29) is 0 Å². The maximum Gasteiger partial charge on any atom is 0.118 e. The Kier molecular flexibility index (Phi) is 4.48. The molecule has 0 aliphatic heterocycles. The van der Waals surface area contributed by atoms with Gasteiger partial charge < -0.3 is 4.74 Å². The monoisotopic (exact) mass is 256 g/mol. The summed E-state index contributed by atoms with van der Waals surface area (Å²) in [6.07, 6.45) is 2.08. The molecule has 0 saturated heterocycles. The predicted molar refractivity (Wildman–Crippen MR) is 80.0 cm³/mol. The largest absolute Gasteiger partial charge is 0.497 e. The lowest BCUT2D eigenvalue weighted by Gasteiger charge is -2.09. The molecule has 0 aliphatic rings. The van der Waals surface area contributed by atoms with Crippen molar-refractivity contribution in [1.29, 1.82) is 0 Å². The SMILES string of the molecule is COc1ccc(C(=CSC)c2ccccc2)cc1. The van der Waals surface area contributed by atoms with Gasteiger partial charge in [0.15, 0.2) is 0 Å². The number of hydrogen-bond donors (Lipinski definition) is 0. The van der Waals surface area contributed by atoms with Crippen LogP contribution in [0.4, 0.5) is 0 Å². The first-order valence-corrected chi connectivity index (χ1v) is 7.06. The number of ether oxygens (including phenoxy) is 1. The minimum atomic E-state index is 0.885. The summed E-state index contributed by atoms with van der Waals surface area (Å²) in [5, 5.41) is 2.18. The first-order valence-electron chi connectivity index (χ1n) is 5.78. The van der Waals surface area contributed by atoms with Crippen LogP contribution in [0.2, 0.25) is 0 Å². The smallest absolute Gasteiger partial charge is 0.118 e. The molecule has 1 nitrogen and oxygen atoms in total. The number of rotatable bonds is 4. The van der Waals surface area contributed by atoms with E-state index >= 15 is 0 Å². The van der Waals surface area contributed by atoms with E-state index in [0.29, 0.717) is 0 Å². The molecule has 2 rings (SSSR count). The maximum atomic E-state index is 5.19. The zero-order chi connectivity index (χ0) is 12.8. The Labute approximate surface area is 112 Å². The molecule has 0 spiro atoms. The van der Waals surface area contributed by atoms with Crippen LogP contribution < -0.4 is 4.74 Å². The molecule has 0 amide bonds. The summed E-state index contributed by atoms with van der Waals surface area (Å²) in [5.74, 6) is 0.885. The second-order valence-corrected chi connectivity index (χ2v) is 4.57. The average Bonchev–Trinajstić information content (AvgIpc) is 2.46. The van der Waals surface area contributed by atoms with Gasteiger partial charge in [-0.15, -0.1) is 11.8 Å². The first kappa shape index (κ1) is 12.8. The quantitative estimate of drug-likeness (QED) is 0.799. The summed E-state index contributed by atoms with van der Waals surface area (Å²) < 4.78 is 5.19. The lowest BCUT2D eigenvalue weighted by atomic mass is 10.00. The van der Waals surface area contributed by atoms with Crippen molar-refractivity contribution in [3.63, 3.8) is 0 Å². The van der Waals surface area contributed by atoms with Crippen molar-refractivity contribution in [1.82, 2.24) is 0 Å². The number of hydrogen-bond acceptors (Lipinski definition) is 2. The maximum absolute atomic E-state index is 5.19. The van der Waals surface area contributed by atoms with E-state index in [1.165, 1.54) is 16.7 Å². The molecule has 0 saturated carbocycles. The molecule has 0 unspecified atom stereocenters. The van der Waals surface area contributed by atoms with E-state index in [0.717, 1.165) is 5.75 Å². The summed E-state index contributed by atoms with van der Waals surface area (Å²) in [5.41, 5.74) is 3.68. The summed E-state index contributed by atoms with van der Waals surface area (Å²) >= 11 is 1.72. The fourth-order valence-electron chi connectivity index (χ4n) is 1.81.